The summed E-state index contributed by atoms with van der Waals surface area (Å²) in [7, 11) is 0. The number of aliphatic imine (C=N–C) groups is 1. The number of nitrogens with one attached hydrogen (secondary N) is 1. The SMILES string of the molecule is Cc1nc(F)c(F)c(NC2N=C(c3ccccc3)c3ccccc3CC2=O)c1F. The van der Waals surface area contributed by atoms with E-state index in [9.17, 15) is 18.0 Å². The van der Waals surface area contributed by atoms with Crippen molar-refractivity contribution < 1.29 is 18.0 Å². The van der Waals surface area contributed by atoms with Crippen LogP contribution in [-0.2, 0) is 11.2 Å². The molecule has 4 nitrogen and oxygen atoms in total. The van der Waals surface area contributed by atoms with Crippen molar-refractivity contribution in [1.82, 2.24) is 4.98 Å². The van der Waals surface area contributed by atoms with Gasteiger partial charge < -0.3 is 5.32 Å². The third kappa shape index (κ3) is 3.51. The van der Waals surface area contributed by atoms with E-state index < -0.39 is 35.2 Å². The van der Waals surface area contributed by atoms with Crippen molar-refractivity contribution >= 4 is 17.2 Å². The molecule has 146 valence electrons. The molecule has 2 aromatic carbocycles. The average Bonchev–Trinajstić information content (AvgIpc) is 2.86. The minimum Gasteiger partial charge on any atom is -0.353 e. The molecular formula is C22H16F3N3O. The lowest BCUT2D eigenvalue weighted by atomic mass is 9.96. The molecule has 0 amide bonds. The molecule has 0 saturated carbocycles. The van der Waals surface area contributed by atoms with E-state index in [1.54, 1.807) is 0 Å². The molecule has 2 heterocycles. The van der Waals surface area contributed by atoms with Crippen molar-refractivity contribution in [3.05, 3.63) is 94.6 Å². The van der Waals surface area contributed by atoms with E-state index in [0.29, 0.717) is 5.71 Å². The number of hydrogen-bond acceptors (Lipinski definition) is 4. The fourth-order valence-corrected chi connectivity index (χ4v) is 3.29. The van der Waals surface area contributed by atoms with Gasteiger partial charge in [0.1, 0.15) is 5.69 Å². The molecule has 1 N–H and O–H groups in total. The highest BCUT2D eigenvalue weighted by Gasteiger charge is 2.29. The molecule has 0 saturated heterocycles. The molecule has 1 aliphatic rings. The molecule has 0 bridgehead atoms. The van der Waals surface area contributed by atoms with Crippen LogP contribution >= 0.6 is 0 Å². The highest BCUT2D eigenvalue weighted by molar-refractivity contribution is 6.16. The van der Waals surface area contributed by atoms with Gasteiger partial charge in [0.15, 0.2) is 17.8 Å². The molecule has 7 heteroatoms. The lowest BCUT2D eigenvalue weighted by Gasteiger charge is -2.16. The molecule has 1 atom stereocenters. The summed E-state index contributed by atoms with van der Waals surface area (Å²) >= 11 is 0. The Morgan fingerprint density at radius 2 is 1.66 bits per heavy atom. The van der Waals surface area contributed by atoms with Crippen molar-refractivity contribution in [3.63, 3.8) is 0 Å². The second-order valence-electron chi connectivity index (χ2n) is 6.68. The molecule has 4 rings (SSSR count). The van der Waals surface area contributed by atoms with Crippen LogP contribution in [0.4, 0.5) is 18.9 Å². The number of Topliss-reactive ketones (excluding diaryl/α,β-unsaturated/α-hetero) is 1. The zero-order valence-corrected chi connectivity index (χ0v) is 15.4. The molecule has 0 fully saturated rings. The number of rotatable bonds is 3. The number of hydrogen-bond donors (Lipinski definition) is 1. The number of anilines is 1. The van der Waals surface area contributed by atoms with E-state index in [4.69, 9.17) is 0 Å². The van der Waals surface area contributed by atoms with Gasteiger partial charge in [0.2, 0.25) is 5.82 Å². The summed E-state index contributed by atoms with van der Waals surface area (Å²) in [5.74, 6) is -4.38. The summed E-state index contributed by atoms with van der Waals surface area (Å²) in [6, 6.07) is 16.5. The summed E-state index contributed by atoms with van der Waals surface area (Å²) in [6.45, 7) is 1.21. The van der Waals surface area contributed by atoms with Crippen molar-refractivity contribution in [2.45, 2.75) is 19.5 Å². The van der Waals surface area contributed by atoms with Gasteiger partial charge in [-0.25, -0.2) is 9.37 Å². The van der Waals surface area contributed by atoms with Crippen LogP contribution in [0, 0.1) is 24.5 Å². The Kier molecular flexibility index (Phi) is 4.88. The second kappa shape index (κ2) is 7.50. The molecule has 0 radical (unpaired) electrons. The van der Waals surface area contributed by atoms with Crippen LogP contribution in [0.25, 0.3) is 0 Å². The summed E-state index contributed by atoms with van der Waals surface area (Å²) in [6.07, 6.45) is -1.27. The van der Waals surface area contributed by atoms with Crippen LogP contribution in [0.5, 0.6) is 0 Å². The van der Waals surface area contributed by atoms with E-state index in [0.717, 1.165) is 16.7 Å². The van der Waals surface area contributed by atoms with Crippen LogP contribution in [0.15, 0.2) is 59.6 Å². The van der Waals surface area contributed by atoms with Gasteiger partial charge in [-0.2, -0.15) is 8.78 Å². The lowest BCUT2D eigenvalue weighted by Crippen LogP contribution is -2.30. The fourth-order valence-electron chi connectivity index (χ4n) is 3.29. The third-order valence-corrected chi connectivity index (χ3v) is 4.73. The number of nitrogens with zero attached hydrogens (tertiary/aromatic N) is 2. The zero-order valence-electron chi connectivity index (χ0n) is 15.4. The maximum Gasteiger partial charge on any atom is 0.251 e. The highest BCUT2D eigenvalue weighted by Crippen LogP contribution is 2.26. The van der Waals surface area contributed by atoms with E-state index in [2.05, 4.69) is 15.3 Å². The Morgan fingerprint density at radius 3 is 2.41 bits per heavy atom. The zero-order chi connectivity index (χ0) is 20.5. The number of halogens is 3. The lowest BCUT2D eigenvalue weighted by molar-refractivity contribution is -0.118. The summed E-state index contributed by atoms with van der Waals surface area (Å²) < 4.78 is 42.3. The van der Waals surface area contributed by atoms with Crippen LogP contribution < -0.4 is 5.32 Å². The number of benzene rings is 2. The number of ketones is 1. The Bertz CT molecular complexity index is 1100. The maximum atomic E-state index is 14.4. The third-order valence-electron chi connectivity index (χ3n) is 4.73. The van der Waals surface area contributed by atoms with Crippen LogP contribution in [-0.4, -0.2) is 22.6 Å². The van der Waals surface area contributed by atoms with E-state index in [-0.39, 0.29) is 12.1 Å². The quantitative estimate of drug-likeness (QED) is 0.676. The molecule has 0 aliphatic carbocycles. The standard InChI is InChI=1S/C22H16F3N3O/c1-12-17(23)20(18(24)21(25)26-12)28-22-16(29)11-14-9-5-6-10-15(14)19(27-22)13-7-3-2-4-8-13/h2-10,22H,11H2,1H3,(H,26,28). The Hall–Kier alpha value is -3.48. The number of fused-ring (bicyclic) bond motifs is 1. The van der Waals surface area contributed by atoms with Gasteiger partial charge in [-0.15, -0.1) is 0 Å². The summed E-state index contributed by atoms with van der Waals surface area (Å²) in [5.41, 5.74) is 1.70. The van der Waals surface area contributed by atoms with Crippen molar-refractivity contribution in [2.24, 2.45) is 4.99 Å². The number of aryl methyl sites for hydroxylation is 1. The van der Waals surface area contributed by atoms with Gasteiger partial charge in [-0.05, 0) is 12.5 Å². The first-order valence-electron chi connectivity index (χ1n) is 8.97. The Labute approximate surface area is 165 Å². The number of pyridine rings is 1. The smallest absolute Gasteiger partial charge is 0.251 e. The van der Waals surface area contributed by atoms with E-state index in [1.165, 1.54) is 6.92 Å². The fraction of sp³-hybridized carbons (Fsp3) is 0.136. The molecule has 29 heavy (non-hydrogen) atoms. The van der Waals surface area contributed by atoms with Crippen molar-refractivity contribution in [2.75, 3.05) is 5.32 Å². The Balaban J connectivity index is 1.84. The minimum atomic E-state index is -1.49. The molecule has 1 aromatic heterocycles. The molecule has 0 spiro atoms. The normalized spacial score (nSPS) is 16.1. The predicted octanol–water partition coefficient (Wildman–Crippen LogP) is 4.21. The maximum absolute atomic E-state index is 14.4. The average molecular weight is 395 g/mol. The van der Waals surface area contributed by atoms with Gasteiger partial charge in [-0.3, -0.25) is 9.79 Å². The number of aromatic nitrogens is 1. The summed E-state index contributed by atoms with van der Waals surface area (Å²) in [4.78, 5) is 20.5. The van der Waals surface area contributed by atoms with Gasteiger partial charge in [0.05, 0.1) is 11.4 Å². The van der Waals surface area contributed by atoms with Gasteiger partial charge >= 0.3 is 0 Å². The Morgan fingerprint density at radius 1 is 0.966 bits per heavy atom. The molecule has 3 aromatic rings. The van der Waals surface area contributed by atoms with Crippen LogP contribution in [0.1, 0.15) is 22.4 Å². The topological polar surface area (TPSA) is 54.4 Å². The second-order valence-corrected chi connectivity index (χ2v) is 6.68. The first kappa shape index (κ1) is 18.9. The van der Waals surface area contributed by atoms with Gasteiger partial charge in [-0.1, -0.05) is 54.6 Å². The molecule has 1 aliphatic heterocycles. The largest absolute Gasteiger partial charge is 0.353 e. The van der Waals surface area contributed by atoms with Crippen LogP contribution in [0.2, 0.25) is 0 Å². The molecular weight excluding hydrogens is 379 g/mol. The molecule has 1 unspecified atom stereocenters. The van der Waals surface area contributed by atoms with Crippen molar-refractivity contribution in [3.8, 4) is 0 Å². The van der Waals surface area contributed by atoms with E-state index in [1.807, 2.05) is 54.6 Å². The minimum absolute atomic E-state index is 0.0173. The van der Waals surface area contributed by atoms with E-state index >= 15 is 0 Å². The predicted molar refractivity (Wildman–Crippen MR) is 103 cm³/mol. The first-order valence-corrected chi connectivity index (χ1v) is 8.97. The van der Waals surface area contributed by atoms with Gasteiger partial charge in [0.25, 0.3) is 5.95 Å². The first-order chi connectivity index (χ1) is 14.0. The monoisotopic (exact) mass is 395 g/mol. The van der Waals surface area contributed by atoms with Crippen LogP contribution in [0.3, 0.4) is 0 Å². The van der Waals surface area contributed by atoms with Crippen molar-refractivity contribution in [1.29, 1.82) is 0 Å². The summed E-state index contributed by atoms with van der Waals surface area (Å²) in [5, 5.41) is 2.46. The number of carbonyl (C=O) groups is 1. The number of carbonyl (C=O) groups excluding carboxylic acids is 1. The highest BCUT2D eigenvalue weighted by atomic mass is 19.2. The van der Waals surface area contributed by atoms with Gasteiger partial charge in [0, 0.05) is 17.5 Å².